The van der Waals surface area contributed by atoms with Crippen molar-refractivity contribution in [2.24, 2.45) is 0 Å². The number of aliphatic hydroxyl groups is 2. The molecule has 0 bridgehead atoms. The molecular formula is C8H11NO3. The summed E-state index contributed by atoms with van der Waals surface area (Å²) in [5.74, 6) is 0.527. The van der Waals surface area contributed by atoms with Crippen molar-refractivity contribution in [3.05, 3.63) is 23.8 Å². The number of methoxy groups -OCH3 is 1. The Hall–Kier alpha value is -1.26. The molecule has 0 heterocycles. The molecule has 12 heavy (non-hydrogen) atoms. The van der Waals surface area contributed by atoms with E-state index in [0.29, 0.717) is 17.0 Å². The molecule has 0 saturated heterocycles. The van der Waals surface area contributed by atoms with Gasteiger partial charge < -0.3 is 20.7 Å². The predicted molar refractivity (Wildman–Crippen MR) is 44.6 cm³/mol. The first-order chi connectivity index (χ1) is 5.65. The van der Waals surface area contributed by atoms with Crippen LogP contribution < -0.4 is 10.5 Å². The summed E-state index contributed by atoms with van der Waals surface area (Å²) in [6, 6.07) is 4.59. The summed E-state index contributed by atoms with van der Waals surface area (Å²) in [5.41, 5.74) is 6.27. The highest BCUT2D eigenvalue weighted by atomic mass is 16.5. The molecule has 0 spiro atoms. The van der Waals surface area contributed by atoms with Gasteiger partial charge in [-0.25, -0.2) is 0 Å². The SMILES string of the molecule is COc1ccc(C(O)O)cc1N. The van der Waals surface area contributed by atoms with Gasteiger partial charge in [-0.15, -0.1) is 0 Å². The van der Waals surface area contributed by atoms with E-state index in [4.69, 9.17) is 20.7 Å². The molecule has 0 saturated carbocycles. The molecule has 0 radical (unpaired) electrons. The van der Waals surface area contributed by atoms with E-state index in [9.17, 15) is 0 Å². The van der Waals surface area contributed by atoms with Crippen molar-refractivity contribution < 1.29 is 14.9 Å². The Bertz CT molecular complexity index is 273. The van der Waals surface area contributed by atoms with Crippen LogP contribution in [-0.4, -0.2) is 17.3 Å². The van der Waals surface area contributed by atoms with Crippen molar-refractivity contribution >= 4 is 5.69 Å². The van der Waals surface area contributed by atoms with Gasteiger partial charge in [-0.2, -0.15) is 0 Å². The Balaban J connectivity index is 3.02. The molecule has 0 fully saturated rings. The standard InChI is InChI=1S/C8H11NO3/c1-12-7-3-2-5(8(10)11)4-6(7)9/h2-4,8,10-11H,9H2,1H3. The lowest BCUT2D eigenvalue weighted by atomic mass is 10.2. The summed E-state index contributed by atoms with van der Waals surface area (Å²) in [7, 11) is 1.50. The second kappa shape index (κ2) is 3.42. The maximum absolute atomic E-state index is 8.77. The molecule has 4 N–H and O–H groups in total. The van der Waals surface area contributed by atoms with Crippen LogP contribution >= 0.6 is 0 Å². The first-order valence-electron chi connectivity index (χ1n) is 3.44. The van der Waals surface area contributed by atoms with E-state index >= 15 is 0 Å². The molecule has 0 aromatic heterocycles. The van der Waals surface area contributed by atoms with E-state index in [1.165, 1.54) is 13.2 Å². The molecule has 0 aliphatic rings. The molecular weight excluding hydrogens is 158 g/mol. The minimum absolute atomic E-state index is 0.355. The third kappa shape index (κ3) is 1.66. The highest BCUT2D eigenvalue weighted by Crippen LogP contribution is 2.23. The van der Waals surface area contributed by atoms with E-state index < -0.39 is 6.29 Å². The predicted octanol–water partition coefficient (Wildman–Crippen LogP) is 0.261. The van der Waals surface area contributed by atoms with Crippen molar-refractivity contribution in [2.75, 3.05) is 12.8 Å². The first-order valence-corrected chi connectivity index (χ1v) is 3.44. The van der Waals surface area contributed by atoms with Gasteiger partial charge in [0.2, 0.25) is 0 Å². The smallest absolute Gasteiger partial charge is 0.178 e. The Kier molecular flexibility index (Phi) is 2.52. The number of anilines is 1. The maximum atomic E-state index is 8.77. The number of aliphatic hydroxyl groups excluding tert-OH is 1. The fourth-order valence-corrected chi connectivity index (χ4v) is 0.913. The highest BCUT2D eigenvalue weighted by Gasteiger charge is 2.05. The number of nitrogen functional groups attached to an aromatic ring is 1. The number of hydrogen-bond acceptors (Lipinski definition) is 4. The molecule has 1 aromatic carbocycles. The zero-order chi connectivity index (χ0) is 9.14. The fraction of sp³-hybridized carbons (Fsp3) is 0.250. The summed E-state index contributed by atoms with van der Waals surface area (Å²) in [6.45, 7) is 0. The molecule has 0 atom stereocenters. The van der Waals surface area contributed by atoms with Gasteiger partial charge in [-0.3, -0.25) is 0 Å². The fourth-order valence-electron chi connectivity index (χ4n) is 0.913. The van der Waals surface area contributed by atoms with Crippen LogP contribution in [0.3, 0.4) is 0 Å². The summed E-state index contributed by atoms with van der Waals surface area (Å²) < 4.78 is 4.89. The molecule has 0 aliphatic heterocycles. The minimum atomic E-state index is -1.49. The molecule has 0 aliphatic carbocycles. The van der Waals surface area contributed by atoms with Crippen LogP contribution in [0.2, 0.25) is 0 Å². The van der Waals surface area contributed by atoms with Crippen LogP contribution in [0, 0.1) is 0 Å². The third-order valence-electron chi connectivity index (χ3n) is 1.55. The lowest BCUT2D eigenvalue weighted by Gasteiger charge is -2.07. The lowest BCUT2D eigenvalue weighted by Crippen LogP contribution is -1.98. The number of benzene rings is 1. The highest BCUT2D eigenvalue weighted by molar-refractivity contribution is 5.54. The molecule has 4 nitrogen and oxygen atoms in total. The Labute approximate surface area is 70.2 Å². The Morgan fingerprint density at radius 3 is 2.50 bits per heavy atom. The normalized spacial score (nSPS) is 10.3. The zero-order valence-electron chi connectivity index (χ0n) is 6.69. The zero-order valence-corrected chi connectivity index (χ0v) is 6.69. The molecule has 4 heteroatoms. The van der Waals surface area contributed by atoms with Gasteiger partial charge >= 0.3 is 0 Å². The second-order valence-corrected chi connectivity index (χ2v) is 2.38. The summed E-state index contributed by atoms with van der Waals surface area (Å²) >= 11 is 0. The average molecular weight is 169 g/mol. The number of hydrogen-bond donors (Lipinski definition) is 3. The Morgan fingerprint density at radius 2 is 2.08 bits per heavy atom. The van der Waals surface area contributed by atoms with Crippen LogP contribution in [0.25, 0.3) is 0 Å². The van der Waals surface area contributed by atoms with E-state index in [2.05, 4.69) is 0 Å². The average Bonchev–Trinajstić information content (AvgIpc) is 2.04. The van der Waals surface area contributed by atoms with Gasteiger partial charge in [0.15, 0.2) is 6.29 Å². The van der Waals surface area contributed by atoms with E-state index in [-0.39, 0.29) is 0 Å². The lowest BCUT2D eigenvalue weighted by molar-refractivity contribution is -0.0424. The van der Waals surface area contributed by atoms with Crippen LogP contribution in [-0.2, 0) is 0 Å². The van der Waals surface area contributed by atoms with E-state index in [1.54, 1.807) is 12.1 Å². The first kappa shape index (κ1) is 8.83. The van der Waals surface area contributed by atoms with E-state index in [0.717, 1.165) is 0 Å². The van der Waals surface area contributed by atoms with Crippen LogP contribution in [0.5, 0.6) is 5.75 Å². The van der Waals surface area contributed by atoms with Gasteiger partial charge in [-0.05, 0) is 12.1 Å². The molecule has 1 rings (SSSR count). The minimum Gasteiger partial charge on any atom is -0.495 e. The maximum Gasteiger partial charge on any atom is 0.178 e. The summed E-state index contributed by atoms with van der Waals surface area (Å²) in [6.07, 6.45) is -1.49. The van der Waals surface area contributed by atoms with E-state index in [1.807, 2.05) is 0 Å². The van der Waals surface area contributed by atoms with Crippen molar-refractivity contribution in [3.63, 3.8) is 0 Å². The van der Waals surface area contributed by atoms with Gasteiger partial charge in [0, 0.05) is 5.56 Å². The van der Waals surface area contributed by atoms with Crippen LogP contribution in [0.4, 0.5) is 5.69 Å². The molecule has 0 amide bonds. The topological polar surface area (TPSA) is 75.7 Å². The van der Waals surface area contributed by atoms with Crippen molar-refractivity contribution in [2.45, 2.75) is 6.29 Å². The number of rotatable bonds is 2. The van der Waals surface area contributed by atoms with Crippen molar-refractivity contribution in [3.8, 4) is 5.75 Å². The third-order valence-corrected chi connectivity index (χ3v) is 1.55. The number of ether oxygens (including phenoxy) is 1. The van der Waals surface area contributed by atoms with Gasteiger partial charge in [-0.1, -0.05) is 6.07 Å². The van der Waals surface area contributed by atoms with Gasteiger partial charge in [0.05, 0.1) is 12.8 Å². The monoisotopic (exact) mass is 169 g/mol. The Morgan fingerprint density at radius 1 is 1.42 bits per heavy atom. The number of nitrogens with two attached hydrogens (primary N) is 1. The largest absolute Gasteiger partial charge is 0.495 e. The molecule has 0 unspecified atom stereocenters. The quantitative estimate of drug-likeness (QED) is 0.438. The van der Waals surface area contributed by atoms with Crippen molar-refractivity contribution in [1.29, 1.82) is 0 Å². The molecule has 1 aromatic rings. The summed E-state index contributed by atoms with van der Waals surface area (Å²) in [5, 5.41) is 17.5. The van der Waals surface area contributed by atoms with Crippen LogP contribution in [0.1, 0.15) is 11.9 Å². The van der Waals surface area contributed by atoms with Crippen molar-refractivity contribution in [1.82, 2.24) is 0 Å². The second-order valence-electron chi connectivity index (χ2n) is 2.38. The summed E-state index contributed by atoms with van der Waals surface area (Å²) in [4.78, 5) is 0. The van der Waals surface area contributed by atoms with Gasteiger partial charge in [0.1, 0.15) is 5.75 Å². The van der Waals surface area contributed by atoms with Crippen LogP contribution in [0.15, 0.2) is 18.2 Å². The molecule has 66 valence electrons. The van der Waals surface area contributed by atoms with Gasteiger partial charge in [0.25, 0.3) is 0 Å².